The van der Waals surface area contributed by atoms with Gasteiger partial charge in [-0.25, -0.2) is 0 Å². The third-order valence-electron chi connectivity index (χ3n) is 4.56. The highest BCUT2D eigenvalue weighted by molar-refractivity contribution is 7.99. The molecule has 130 valence electrons. The van der Waals surface area contributed by atoms with Crippen LogP contribution in [0.15, 0.2) is 70.0 Å². The maximum absolute atomic E-state index is 8.56. The van der Waals surface area contributed by atoms with Crippen LogP contribution in [-0.2, 0) is 0 Å². The minimum atomic E-state index is 0.840. The van der Waals surface area contributed by atoms with Gasteiger partial charge in [-0.1, -0.05) is 73.9 Å². The fraction of sp³-hybridized carbons (Fsp3) is 0.348. The predicted molar refractivity (Wildman–Crippen MR) is 110 cm³/mol. The Balaban J connectivity index is 1.67. The standard InChI is InChI=1S/C23H27NS/c1-2-3-4-8-11-22(24)23(18-12-13-18)19-14-16-21(17-15-19)25-20-9-6-5-7-10-20/h5-7,9-10,14-17,24H,2-4,8,11-13H2,1H3. The van der Waals surface area contributed by atoms with Crippen LogP contribution in [0.1, 0.15) is 57.4 Å². The summed E-state index contributed by atoms with van der Waals surface area (Å²) in [6.07, 6.45) is 8.19. The average Bonchev–Trinajstić information content (AvgIpc) is 3.46. The van der Waals surface area contributed by atoms with E-state index in [4.69, 9.17) is 5.41 Å². The fourth-order valence-corrected chi connectivity index (χ4v) is 3.91. The van der Waals surface area contributed by atoms with E-state index in [9.17, 15) is 0 Å². The van der Waals surface area contributed by atoms with Gasteiger partial charge in [0.15, 0.2) is 0 Å². The Morgan fingerprint density at radius 2 is 1.56 bits per heavy atom. The van der Waals surface area contributed by atoms with Crippen LogP contribution >= 0.6 is 11.8 Å². The summed E-state index contributed by atoms with van der Waals surface area (Å²) in [5.74, 6) is 0. The van der Waals surface area contributed by atoms with Crippen LogP contribution in [0.25, 0.3) is 5.57 Å². The molecule has 1 aliphatic rings. The highest BCUT2D eigenvalue weighted by Gasteiger charge is 2.21. The molecule has 1 aliphatic carbocycles. The van der Waals surface area contributed by atoms with E-state index in [1.165, 1.54) is 58.6 Å². The summed E-state index contributed by atoms with van der Waals surface area (Å²) in [5.41, 5.74) is 4.77. The number of hydrogen-bond acceptors (Lipinski definition) is 2. The van der Waals surface area contributed by atoms with Crippen LogP contribution in [0, 0.1) is 5.41 Å². The van der Waals surface area contributed by atoms with E-state index >= 15 is 0 Å². The summed E-state index contributed by atoms with van der Waals surface area (Å²) >= 11 is 1.79. The molecule has 0 amide bonds. The smallest absolute Gasteiger partial charge is 0.0391 e. The van der Waals surface area contributed by atoms with Crippen molar-refractivity contribution in [2.75, 3.05) is 0 Å². The molecule has 0 saturated heterocycles. The summed E-state index contributed by atoms with van der Waals surface area (Å²) in [7, 11) is 0. The van der Waals surface area contributed by atoms with Crippen molar-refractivity contribution >= 4 is 23.0 Å². The number of unbranched alkanes of at least 4 members (excludes halogenated alkanes) is 3. The molecular weight excluding hydrogens is 322 g/mol. The molecular formula is C23H27NS. The summed E-state index contributed by atoms with van der Waals surface area (Å²) in [6.45, 7) is 2.23. The van der Waals surface area contributed by atoms with Gasteiger partial charge in [-0.3, -0.25) is 0 Å². The zero-order valence-corrected chi connectivity index (χ0v) is 15.9. The molecule has 1 nitrogen and oxygen atoms in total. The van der Waals surface area contributed by atoms with Crippen molar-refractivity contribution in [2.24, 2.45) is 0 Å². The van der Waals surface area contributed by atoms with Crippen molar-refractivity contribution in [1.29, 1.82) is 5.41 Å². The highest BCUT2D eigenvalue weighted by atomic mass is 32.2. The van der Waals surface area contributed by atoms with E-state index in [0.29, 0.717) is 0 Å². The maximum Gasteiger partial charge on any atom is 0.0391 e. The van der Waals surface area contributed by atoms with E-state index in [1.807, 2.05) is 6.07 Å². The third-order valence-corrected chi connectivity index (χ3v) is 5.57. The topological polar surface area (TPSA) is 23.9 Å². The van der Waals surface area contributed by atoms with Crippen molar-refractivity contribution in [1.82, 2.24) is 0 Å². The summed E-state index contributed by atoms with van der Waals surface area (Å²) in [5, 5.41) is 8.56. The molecule has 0 aliphatic heterocycles. The molecule has 25 heavy (non-hydrogen) atoms. The van der Waals surface area contributed by atoms with E-state index < -0.39 is 0 Å². The molecule has 2 aromatic carbocycles. The summed E-state index contributed by atoms with van der Waals surface area (Å²) < 4.78 is 0. The Kier molecular flexibility index (Phi) is 6.52. The Morgan fingerprint density at radius 3 is 2.20 bits per heavy atom. The molecule has 0 atom stereocenters. The lowest BCUT2D eigenvalue weighted by Crippen LogP contribution is -2.01. The lowest BCUT2D eigenvalue weighted by atomic mass is 9.96. The van der Waals surface area contributed by atoms with Crippen molar-refractivity contribution in [3.63, 3.8) is 0 Å². The summed E-state index contributed by atoms with van der Waals surface area (Å²) in [6, 6.07) is 19.3. The monoisotopic (exact) mass is 349 g/mol. The Bertz CT molecular complexity index is 722. The average molecular weight is 350 g/mol. The van der Waals surface area contributed by atoms with E-state index in [-0.39, 0.29) is 0 Å². The van der Waals surface area contributed by atoms with Gasteiger partial charge in [0.25, 0.3) is 0 Å². The molecule has 1 fully saturated rings. The SMILES string of the molecule is CCCCCCC(=N)C(=C1CC1)c1ccc(Sc2ccccc2)cc1. The predicted octanol–water partition coefficient (Wildman–Crippen LogP) is 7.38. The van der Waals surface area contributed by atoms with Gasteiger partial charge in [0.1, 0.15) is 0 Å². The van der Waals surface area contributed by atoms with Crippen LogP contribution in [0.4, 0.5) is 0 Å². The van der Waals surface area contributed by atoms with Gasteiger partial charge in [0.05, 0.1) is 0 Å². The van der Waals surface area contributed by atoms with E-state index in [0.717, 1.165) is 18.6 Å². The molecule has 2 heteroatoms. The molecule has 0 aromatic heterocycles. The van der Waals surface area contributed by atoms with Gasteiger partial charge >= 0.3 is 0 Å². The number of hydrogen-bond donors (Lipinski definition) is 1. The lowest BCUT2D eigenvalue weighted by Gasteiger charge is -2.11. The van der Waals surface area contributed by atoms with Crippen LogP contribution in [0.2, 0.25) is 0 Å². The molecule has 1 saturated carbocycles. The van der Waals surface area contributed by atoms with Gasteiger partial charge in [0, 0.05) is 21.1 Å². The minimum absolute atomic E-state index is 0.840. The van der Waals surface area contributed by atoms with Crippen molar-refractivity contribution < 1.29 is 0 Å². The maximum atomic E-state index is 8.56. The highest BCUT2D eigenvalue weighted by Crippen LogP contribution is 2.38. The Morgan fingerprint density at radius 1 is 0.880 bits per heavy atom. The number of allylic oxidation sites excluding steroid dienone is 2. The molecule has 0 spiro atoms. The van der Waals surface area contributed by atoms with E-state index in [1.54, 1.807) is 11.8 Å². The van der Waals surface area contributed by atoms with Gasteiger partial charge < -0.3 is 5.41 Å². The van der Waals surface area contributed by atoms with Crippen molar-refractivity contribution in [3.8, 4) is 0 Å². The first-order valence-corrected chi connectivity index (χ1v) is 10.2. The lowest BCUT2D eigenvalue weighted by molar-refractivity contribution is 0.683. The molecule has 1 N–H and O–H groups in total. The first kappa shape index (κ1) is 18.0. The van der Waals surface area contributed by atoms with E-state index in [2.05, 4.69) is 55.5 Å². The van der Waals surface area contributed by atoms with Crippen LogP contribution < -0.4 is 0 Å². The zero-order valence-electron chi connectivity index (χ0n) is 15.1. The second-order valence-corrected chi connectivity index (χ2v) is 7.85. The van der Waals surface area contributed by atoms with Crippen molar-refractivity contribution in [3.05, 3.63) is 65.7 Å². The molecule has 0 radical (unpaired) electrons. The second kappa shape index (κ2) is 9.05. The molecule has 0 heterocycles. The van der Waals surface area contributed by atoms with Crippen LogP contribution in [-0.4, -0.2) is 5.71 Å². The molecule has 0 bridgehead atoms. The Hall–Kier alpha value is -1.80. The number of benzene rings is 2. The van der Waals surface area contributed by atoms with Gasteiger partial charge in [0.2, 0.25) is 0 Å². The normalized spacial score (nSPS) is 12.9. The largest absolute Gasteiger partial charge is 0.305 e. The molecule has 3 rings (SSSR count). The number of rotatable bonds is 9. The Labute approximate surface area is 156 Å². The second-order valence-electron chi connectivity index (χ2n) is 6.71. The molecule has 0 unspecified atom stereocenters. The fourth-order valence-electron chi connectivity index (χ4n) is 3.07. The molecule has 2 aromatic rings. The minimum Gasteiger partial charge on any atom is -0.305 e. The first-order chi connectivity index (χ1) is 12.3. The van der Waals surface area contributed by atoms with Crippen LogP contribution in [0.3, 0.4) is 0 Å². The third kappa shape index (κ3) is 5.34. The van der Waals surface area contributed by atoms with Gasteiger partial charge in [-0.15, -0.1) is 0 Å². The van der Waals surface area contributed by atoms with Gasteiger partial charge in [-0.2, -0.15) is 0 Å². The first-order valence-electron chi connectivity index (χ1n) is 9.41. The summed E-state index contributed by atoms with van der Waals surface area (Å²) in [4.78, 5) is 2.52. The van der Waals surface area contributed by atoms with Crippen LogP contribution in [0.5, 0.6) is 0 Å². The number of nitrogens with one attached hydrogen (secondary N) is 1. The van der Waals surface area contributed by atoms with Crippen molar-refractivity contribution in [2.45, 2.75) is 61.7 Å². The quantitative estimate of drug-likeness (QED) is 0.370. The van der Waals surface area contributed by atoms with Gasteiger partial charge in [-0.05, 0) is 55.5 Å². The zero-order chi connectivity index (χ0) is 17.5.